The number of carboxylic acids is 3. The maximum atomic E-state index is 14.2. The van der Waals surface area contributed by atoms with Crippen LogP contribution in [0.4, 0.5) is 39.5 Å². The number of likely N-dealkylation sites (tertiary alicyclic amines) is 2. The monoisotopic (exact) mass is 786 g/mol. The van der Waals surface area contributed by atoms with Gasteiger partial charge in [-0.15, -0.1) is 0 Å². The van der Waals surface area contributed by atoms with Crippen molar-refractivity contribution < 1.29 is 74.0 Å². The minimum atomic E-state index is -5.08. The van der Waals surface area contributed by atoms with Gasteiger partial charge < -0.3 is 20.2 Å². The van der Waals surface area contributed by atoms with Crippen molar-refractivity contribution in [2.45, 2.75) is 70.3 Å². The number of hydrogen-bond acceptors (Lipinski definition) is 8. The second-order valence-electron chi connectivity index (χ2n) is 12.1. The molecule has 0 saturated carbocycles. The Morgan fingerprint density at radius 1 is 0.796 bits per heavy atom. The number of halogens is 9. The molecule has 2 atom stereocenters. The Kier molecular flexibility index (Phi) is 15.5. The average molecular weight is 787 g/mol. The van der Waals surface area contributed by atoms with Crippen molar-refractivity contribution in [2.24, 2.45) is 5.41 Å². The number of pyridine rings is 2. The van der Waals surface area contributed by atoms with E-state index < -0.39 is 41.9 Å². The van der Waals surface area contributed by atoms with E-state index in [0.29, 0.717) is 6.54 Å². The highest BCUT2D eigenvalue weighted by molar-refractivity contribution is 5.85. The molecular weight excluding hydrogens is 751 g/mol. The molecule has 1 amide bonds. The lowest BCUT2D eigenvalue weighted by molar-refractivity contribution is -0.193. The van der Waals surface area contributed by atoms with Gasteiger partial charge in [-0.05, 0) is 62.1 Å². The lowest BCUT2D eigenvalue weighted by Crippen LogP contribution is -2.52. The van der Waals surface area contributed by atoms with Crippen LogP contribution in [0.5, 0.6) is 0 Å². The first kappa shape index (κ1) is 44.9. The lowest BCUT2D eigenvalue weighted by atomic mass is 9.70. The number of hydrogen-bond donors (Lipinski definition) is 3. The zero-order valence-electron chi connectivity index (χ0n) is 28.4. The van der Waals surface area contributed by atoms with Gasteiger partial charge in [0.05, 0.1) is 5.41 Å². The summed E-state index contributed by atoms with van der Waals surface area (Å²) in [6.07, 6.45) is -4.10. The molecule has 298 valence electrons. The summed E-state index contributed by atoms with van der Waals surface area (Å²) in [4.78, 5) is 53.8. The van der Waals surface area contributed by atoms with Crippen molar-refractivity contribution in [2.75, 3.05) is 19.6 Å². The van der Waals surface area contributed by atoms with Gasteiger partial charge in [0.1, 0.15) is 0 Å². The molecule has 5 heterocycles. The fourth-order valence-corrected chi connectivity index (χ4v) is 5.72. The van der Waals surface area contributed by atoms with E-state index in [0.717, 1.165) is 44.6 Å². The van der Waals surface area contributed by atoms with Crippen molar-refractivity contribution in [3.8, 4) is 0 Å². The number of rotatable bonds is 6. The average Bonchev–Trinajstić information content (AvgIpc) is 3.69. The summed E-state index contributed by atoms with van der Waals surface area (Å²) < 4.78 is 97.3. The fourth-order valence-electron chi connectivity index (χ4n) is 5.72. The first-order valence-corrected chi connectivity index (χ1v) is 15.6. The summed E-state index contributed by atoms with van der Waals surface area (Å²) in [6, 6.07) is 10.5. The third-order valence-corrected chi connectivity index (χ3v) is 7.90. The van der Waals surface area contributed by atoms with Gasteiger partial charge in [-0.1, -0.05) is 6.07 Å². The molecule has 5 rings (SSSR count). The zero-order valence-corrected chi connectivity index (χ0v) is 28.4. The van der Waals surface area contributed by atoms with E-state index in [1.54, 1.807) is 18.6 Å². The Morgan fingerprint density at radius 3 is 1.80 bits per heavy atom. The quantitative estimate of drug-likeness (QED) is 0.267. The van der Waals surface area contributed by atoms with Crippen LogP contribution in [0.15, 0.2) is 61.3 Å². The summed E-state index contributed by atoms with van der Waals surface area (Å²) in [7, 11) is 0. The van der Waals surface area contributed by atoms with E-state index in [1.807, 2.05) is 30.6 Å². The molecule has 0 unspecified atom stereocenters. The number of aromatic nitrogens is 4. The summed E-state index contributed by atoms with van der Waals surface area (Å²) >= 11 is 0. The number of aliphatic carboxylic acids is 3. The second-order valence-corrected chi connectivity index (χ2v) is 12.1. The largest absolute Gasteiger partial charge is 0.490 e. The van der Waals surface area contributed by atoms with Gasteiger partial charge in [-0.25, -0.2) is 14.4 Å². The number of nitrogens with zero attached hydrogens (tertiary/aromatic N) is 6. The molecule has 2 aliphatic rings. The standard InChI is InChI=1S/C26H32N6O.3C2HF3O2/c1-20(2)32-24(8-13-29-32)23-18-30(16-22-5-3-10-28-15-22)19-26(23)9-4-14-31(25(26)33)17-21-6-11-27-12-7-21;3*3-2(4,5)1(6)7/h3,5-8,10-13,15,20,23H,4,9,14,16-19H2,1-2H3;3*(H,6,7)/t23-,26+;;;/m0.../s1. The molecule has 3 N–H and O–H groups in total. The van der Waals surface area contributed by atoms with Gasteiger partial charge in [0, 0.05) is 81.4 Å². The SMILES string of the molecule is CC(C)n1nccc1[C@@H]1CN(Cc2cccnc2)C[C@]12CCCN(Cc1ccncc1)C2=O.O=C(O)C(F)(F)F.O=C(O)C(F)(F)F.O=C(O)C(F)(F)F. The molecule has 0 aromatic carbocycles. The van der Waals surface area contributed by atoms with Crippen molar-refractivity contribution >= 4 is 23.8 Å². The van der Waals surface area contributed by atoms with Crippen molar-refractivity contribution in [1.82, 2.24) is 29.5 Å². The maximum Gasteiger partial charge on any atom is 0.490 e. The fraction of sp³-hybridized carbons (Fsp3) is 0.469. The summed E-state index contributed by atoms with van der Waals surface area (Å²) in [5, 5.41) is 26.0. The van der Waals surface area contributed by atoms with Crippen LogP contribution < -0.4 is 0 Å². The van der Waals surface area contributed by atoms with Crippen LogP contribution in [-0.4, -0.2) is 107 Å². The van der Waals surface area contributed by atoms with Crippen LogP contribution in [0.1, 0.15) is 55.5 Å². The van der Waals surface area contributed by atoms with Crippen LogP contribution in [0.2, 0.25) is 0 Å². The first-order valence-electron chi connectivity index (χ1n) is 15.6. The van der Waals surface area contributed by atoms with Crippen LogP contribution in [0.3, 0.4) is 0 Å². The molecule has 13 nitrogen and oxygen atoms in total. The number of alkyl halides is 9. The van der Waals surface area contributed by atoms with Gasteiger partial charge in [-0.2, -0.15) is 44.6 Å². The molecule has 3 aromatic heterocycles. The second kappa shape index (κ2) is 18.7. The molecular formula is C32H35F9N6O7. The smallest absolute Gasteiger partial charge is 0.475 e. The number of carboxylic acid groups (broad SMARTS) is 3. The van der Waals surface area contributed by atoms with E-state index in [9.17, 15) is 44.3 Å². The van der Waals surface area contributed by atoms with Crippen LogP contribution in [0.25, 0.3) is 0 Å². The van der Waals surface area contributed by atoms with Gasteiger partial charge in [0.2, 0.25) is 5.91 Å². The van der Waals surface area contributed by atoms with Gasteiger partial charge in [0.25, 0.3) is 0 Å². The summed E-state index contributed by atoms with van der Waals surface area (Å²) in [5.41, 5.74) is 3.06. The van der Waals surface area contributed by atoms with E-state index in [1.165, 1.54) is 11.3 Å². The number of piperidine rings is 1. The van der Waals surface area contributed by atoms with Crippen molar-refractivity contribution in [3.05, 3.63) is 78.1 Å². The van der Waals surface area contributed by atoms with Crippen molar-refractivity contribution in [3.63, 3.8) is 0 Å². The normalized spacial score (nSPS) is 18.9. The zero-order chi connectivity index (χ0) is 41.1. The number of carbonyl (C=O) groups excluding carboxylic acids is 1. The minimum Gasteiger partial charge on any atom is -0.475 e. The van der Waals surface area contributed by atoms with Crippen molar-refractivity contribution in [1.29, 1.82) is 0 Å². The Bertz CT molecular complexity index is 1630. The predicted octanol–water partition coefficient (Wildman–Crippen LogP) is 5.56. The molecule has 2 saturated heterocycles. The first-order chi connectivity index (χ1) is 24.9. The highest BCUT2D eigenvalue weighted by Gasteiger charge is 2.56. The van der Waals surface area contributed by atoms with E-state index in [-0.39, 0.29) is 17.9 Å². The summed E-state index contributed by atoms with van der Waals surface area (Å²) in [5.74, 6) is -7.87. The highest BCUT2D eigenvalue weighted by Crippen LogP contribution is 2.50. The van der Waals surface area contributed by atoms with Crippen LogP contribution in [0, 0.1) is 5.41 Å². The van der Waals surface area contributed by atoms with Crippen LogP contribution in [-0.2, 0) is 32.3 Å². The third kappa shape index (κ3) is 13.0. The molecule has 2 fully saturated rings. The lowest BCUT2D eigenvalue weighted by Gasteiger charge is -2.43. The molecule has 22 heteroatoms. The Morgan fingerprint density at radius 2 is 1.33 bits per heavy atom. The third-order valence-electron chi connectivity index (χ3n) is 7.90. The molecule has 2 aliphatic heterocycles. The minimum absolute atomic E-state index is 0.117. The van der Waals surface area contributed by atoms with E-state index >= 15 is 0 Å². The molecule has 3 aromatic rings. The summed E-state index contributed by atoms with van der Waals surface area (Å²) in [6.45, 7) is 8.18. The Balaban J connectivity index is 0.000000393. The highest BCUT2D eigenvalue weighted by atomic mass is 19.4. The molecule has 1 spiro atoms. The maximum absolute atomic E-state index is 14.2. The molecule has 0 bridgehead atoms. The molecule has 0 radical (unpaired) electrons. The Hall–Kier alpha value is -5.28. The van der Waals surface area contributed by atoms with Gasteiger partial charge in [-0.3, -0.25) is 24.3 Å². The van der Waals surface area contributed by atoms with Crippen LogP contribution >= 0.6 is 0 Å². The number of amides is 1. The van der Waals surface area contributed by atoms with E-state index in [4.69, 9.17) is 29.7 Å². The Labute approximate surface area is 301 Å². The molecule has 54 heavy (non-hydrogen) atoms. The van der Waals surface area contributed by atoms with Gasteiger partial charge in [0.15, 0.2) is 0 Å². The topological polar surface area (TPSA) is 179 Å². The van der Waals surface area contributed by atoms with Gasteiger partial charge >= 0.3 is 36.4 Å². The predicted molar refractivity (Wildman–Crippen MR) is 167 cm³/mol. The molecule has 0 aliphatic carbocycles. The number of carbonyl (C=O) groups is 4. The van der Waals surface area contributed by atoms with E-state index in [2.05, 4.69) is 55.5 Å².